The van der Waals surface area contributed by atoms with Crippen LogP contribution in [-0.4, -0.2) is 39.8 Å². The zero-order valence-corrected chi connectivity index (χ0v) is 19.9. The molecule has 1 aliphatic rings. The van der Waals surface area contributed by atoms with Crippen LogP contribution in [-0.2, 0) is 6.54 Å². The lowest BCUT2D eigenvalue weighted by atomic mass is 9.91. The van der Waals surface area contributed by atoms with Crippen LogP contribution < -0.4 is 16.2 Å². The first-order valence-corrected chi connectivity index (χ1v) is 12.4. The summed E-state index contributed by atoms with van der Waals surface area (Å²) in [5, 5.41) is 7.27. The van der Waals surface area contributed by atoms with Crippen molar-refractivity contribution in [2.75, 3.05) is 19.3 Å². The lowest BCUT2D eigenvalue weighted by Crippen LogP contribution is -2.32. The Morgan fingerprint density at radius 1 is 1.34 bits per heavy atom. The Kier molecular flexibility index (Phi) is 6.71. The molecule has 0 radical (unpaired) electrons. The van der Waals surface area contributed by atoms with E-state index in [-0.39, 0.29) is 24.1 Å². The third kappa shape index (κ3) is 4.21. The van der Waals surface area contributed by atoms with Gasteiger partial charge >= 0.3 is 0 Å². The molecule has 0 bridgehead atoms. The second-order valence-corrected chi connectivity index (χ2v) is 9.39. The fourth-order valence-corrected chi connectivity index (χ4v) is 5.58. The predicted octanol–water partition coefficient (Wildman–Crippen LogP) is 3.55. The minimum absolute atomic E-state index is 0.157. The van der Waals surface area contributed by atoms with Gasteiger partial charge < -0.3 is 20.2 Å². The molecule has 7 nitrogen and oxygen atoms in total. The van der Waals surface area contributed by atoms with E-state index in [9.17, 15) is 9.59 Å². The first-order chi connectivity index (χ1) is 15.4. The molecule has 0 aromatic carbocycles. The summed E-state index contributed by atoms with van der Waals surface area (Å²) in [6.45, 7) is 8.32. The largest absolute Gasteiger partial charge is 0.348 e. The lowest BCUT2D eigenvalue weighted by molar-refractivity contribution is 0.0951. The molecule has 1 amide bonds. The molecule has 1 fully saturated rings. The number of H-pyrrole nitrogens is 1. The first kappa shape index (κ1) is 22.6. The summed E-state index contributed by atoms with van der Waals surface area (Å²) in [6, 6.07) is 6.02. The van der Waals surface area contributed by atoms with Gasteiger partial charge in [-0.3, -0.25) is 9.59 Å². The maximum absolute atomic E-state index is 13.4. The second kappa shape index (κ2) is 9.50. The van der Waals surface area contributed by atoms with Crippen molar-refractivity contribution in [1.82, 2.24) is 25.2 Å². The number of hydrogen-bond donors (Lipinski definition) is 3. The minimum atomic E-state index is -0.177. The Hall–Kier alpha value is -2.58. The number of nitrogens with zero attached hydrogens (tertiary/aromatic N) is 2. The molecular formula is C24H31N5O2S. The van der Waals surface area contributed by atoms with E-state index in [4.69, 9.17) is 0 Å². The maximum Gasteiger partial charge on any atom is 0.254 e. The van der Waals surface area contributed by atoms with Gasteiger partial charge in [-0.05, 0) is 77.1 Å². The van der Waals surface area contributed by atoms with Crippen molar-refractivity contribution in [3.63, 3.8) is 0 Å². The van der Waals surface area contributed by atoms with Gasteiger partial charge in [-0.15, -0.1) is 11.8 Å². The highest BCUT2D eigenvalue weighted by atomic mass is 32.2. The van der Waals surface area contributed by atoms with Gasteiger partial charge in [-0.2, -0.15) is 0 Å². The predicted molar refractivity (Wildman–Crippen MR) is 130 cm³/mol. The molecular weight excluding hydrogens is 422 g/mol. The van der Waals surface area contributed by atoms with Gasteiger partial charge in [0, 0.05) is 46.0 Å². The smallest absolute Gasteiger partial charge is 0.254 e. The Morgan fingerprint density at radius 3 is 2.81 bits per heavy atom. The van der Waals surface area contributed by atoms with Crippen LogP contribution in [0.15, 0.2) is 34.1 Å². The number of carbonyl (C=O) groups excluding carboxylic acids is 1. The molecule has 170 valence electrons. The summed E-state index contributed by atoms with van der Waals surface area (Å²) in [7, 11) is 0. The quantitative estimate of drug-likeness (QED) is 0.497. The standard InChI is InChI=1S/C24H31N5O2S/c1-14-12-20(32-4)19(23(30)28-14)13-27-24(31)21-16(3)29(22-18(21)6-5-9-26-22)15(2)17-7-10-25-11-8-17/h5-6,9,12,15,17,25H,7-8,10-11,13H2,1-4H3,(H,27,31)(H,28,30)/t15-/m1/s1. The van der Waals surface area contributed by atoms with Crippen LogP contribution in [0.2, 0.25) is 0 Å². The molecule has 4 heterocycles. The van der Waals surface area contributed by atoms with Crippen LogP contribution in [0.5, 0.6) is 0 Å². The Balaban J connectivity index is 1.67. The van der Waals surface area contributed by atoms with E-state index < -0.39 is 0 Å². The van der Waals surface area contributed by atoms with Crippen molar-refractivity contribution in [3.8, 4) is 0 Å². The molecule has 0 spiro atoms. The van der Waals surface area contributed by atoms with Crippen molar-refractivity contribution in [1.29, 1.82) is 0 Å². The number of hydrogen-bond acceptors (Lipinski definition) is 5. The third-order valence-electron chi connectivity index (χ3n) is 6.58. The van der Waals surface area contributed by atoms with Crippen molar-refractivity contribution in [3.05, 3.63) is 57.3 Å². The monoisotopic (exact) mass is 453 g/mol. The van der Waals surface area contributed by atoms with Crippen LogP contribution in [0, 0.1) is 19.8 Å². The summed E-state index contributed by atoms with van der Waals surface area (Å²) in [6.07, 6.45) is 5.95. The SMILES string of the molecule is CSc1cc(C)[nH]c(=O)c1CNC(=O)c1c(C)n([C@H](C)C2CCNCC2)c2ncccc12. The number of aromatic nitrogens is 3. The van der Waals surface area contributed by atoms with Crippen LogP contribution in [0.1, 0.15) is 53.1 Å². The molecule has 1 atom stereocenters. The number of aryl methyl sites for hydroxylation is 1. The lowest BCUT2D eigenvalue weighted by Gasteiger charge is -2.30. The number of nitrogens with one attached hydrogen (secondary N) is 3. The number of fused-ring (bicyclic) bond motifs is 1. The summed E-state index contributed by atoms with van der Waals surface area (Å²) in [4.78, 5) is 34.2. The average Bonchev–Trinajstić information content (AvgIpc) is 3.09. The molecule has 0 aliphatic carbocycles. The summed E-state index contributed by atoms with van der Waals surface area (Å²) >= 11 is 1.51. The van der Waals surface area contributed by atoms with E-state index in [0.717, 1.165) is 53.2 Å². The highest BCUT2D eigenvalue weighted by Gasteiger charge is 2.28. The van der Waals surface area contributed by atoms with Crippen LogP contribution >= 0.6 is 11.8 Å². The Bertz CT molecular complexity index is 1190. The minimum Gasteiger partial charge on any atom is -0.348 e. The van der Waals surface area contributed by atoms with E-state index >= 15 is 0 Å². The number of carbonyl (C=O) groups is 1. The van der Waals surface area contributed by atoms with E-state index in [1.807, 2.05) is 38.3 Å². The second-order valence-electron chi connectivity index (χ2n) is 8.54. The molecule has 1 aliphatic heterocycles. The van der Waals surface area contributed by atoms with E-state index in [2.05, 4.69) is 32.1 Å². The highest BCUT2D eigenvalue weighted by Crippen LogP contribution is 2.34. The summed E-state index contributed by atoms with van der Waals surface area (Å²) in [5.41, 5.74) is 3.65. The molecule has 32 heavy (non-hydrogen) atoms. The number of rotatable bonds is 6. The van der Waals surface area contributed by atoms with Gasteiger partial charge in [0.25, 0.3) is 11.5 Å². The maximum atomic E-state index is 13.4. The van der Waals surface area contributed by atoms with E-state index in [1.165, 1.54) is 11.8 Å². The topological polar surface area (TPSA) is 91.8 Å². The molecule has 3 aromatic heterocycles. The van der Waals surface area contributed by atoms with Gasteiger partial charge in [0.15, 0.2) is 0 Å². The summed E-state index contributed by atoms with van der Waals surface area (Å²) < 4.78 is 2.23. The number of aromatic amines is 1. The van der Waals surface area contributed by atoms with Gasteiger partial charge in [0.2, 0.25) is 0 Å². The molecule has 3 N–H and O–H groups in total. The van der Waals surface area contributed by atoms with Crippen molar-refractivity contribution < 1.29 is 4.79 Å². The molecule has 0 unspecified atom stereocenters. The molecule has 8 heteroatoms. The Labute approximate surface area is 192 Å². The van der Waals surface area contributed by atoms with Crippen LogP contribution in [0.4, 0.5) is 0 Å². The highest BCUT2D eigenvalue weighted by molar-refractivity contribution is 7.98. The summed E-state index contributed by atoms with van der Waals surface area (Å²) in [5.74, 6) is 0.363. The average molecular weight is 454 g/mol. The van der Waals surface area contributed by atoms with Gasteiger partial charge in [0.05, 0.1) is 5.56 Å². The molecule has 3 aromatic rings. The van der Waals surface area contributed by atoms with Gasteiger partial charge in [-0.25, -0.2) is 4.98 Å². The zero-order valence-electron chi connectivity index (χ0n) is 19.1. The first-order valence-electron chi connectivity index (χ1n) is 11.1. The number of pyridine rings is 2. The van der Waals surface area contributed by atoms with Crippen LogP contribution in [0.25, 0.3) is 11.0 Å². The molecule has 1 saturated heterocycles. The van der Waals surface area contributed by atoms with Gasteiger partial charge in [0.1, 0.15) is 5.65 Å². The van der Waals surface area contributed by atoms with Crippen molar-refractivity contribution in [2.45, 2.75) is 51.1 Å². The third-order valence-corrected chi connectivity index (χ3v) is 7.39. The van der Waals surface area contributed by atoms with Crippen LogP contribution in [0.3, 0.4) is 0 Å². The zero-order chi connectivity index (χ0) is 22.8. The number of piperidine rings is 1. The van der Waals surface area contributed by atoms with Crippen molar-refractivity contribution in [2.24, 2.45) is 5.92 Å². The fourth-order valence-electron chi connectivity index (χ4n) is 4.87. The number of thioether (sulfide) groups is 1. The normalized spacial score (nSPS) is 15.8. The van der Waals surface area contributed by atoms with Crippen molar-refractivity contribution >= 4 is 28.7 Å². The van der Waals surface area contributed by atoms with E-state index in [0.29, 0.717) is 17.0 Å². The molecule has 4 rings (SSSR count). The number of amides is 1. The Morgan fingerprint density at radius 2 is 2.09 bits per heavy atom. The van der Waals surface area contributed by atoms with Gasteiger partial charge in [-0.1, -0.05) is 0 Å². The van der Waals surface area contributed by atoms with E-state index in [1.54, 1.807) is 6.20 Å². The molecule has 0 saturated carbocycles. The fraction of sp³-hybridized carbons (Fsp3) is 0.458.